The molecule has 0 aromatic carbocycles. The van der Waals surface area contributed by atoms with Gasteiger partial charge < -0.3 is 9.84 Å². The summed E-state index contributed by atoms with van der Waals surface area (Å²) >= 11 is 0. The molecule has 1 atom stereocenters. The van der Waals surface area contributed by atoms with Crippen LogP contribution in [0, 0.1) is 5.92 Å². The first-order valence-electron chi connectivity index (χ1n) is 3.96. The molecular formula is C10H10O2. The SMILES string of the molecule is OCOC=C=C1C=C2C=CC1C2. The van der Waals surface area contributed by atoms with E-state index in [1.165, 1.54) is 11.8 Å². The fraction of sp³-hybridized carbons (Fsp3) is 0.300. The van der Waals surface area contributed by atoms with E-state index in [1.54, 1.807) is 0 Å². The minimum Gasteiger partial charge on any atom is -0.467 e. The molecule has 2 rings (SSSR count). The third-order valence-electron chi connectivity index (χ3n) is 2.12. The summed E-state index contributed by atoms with van der Waals surface area (Å²) < 4.78 is 4.65. The first kappa shape index (κ1) is 7.41. The standard InChI is InChI=1S/C10H10O2/c11-7-12-4-3-10-6-8-1-2-9(10)5-8/h1-2,4,6,9,11H,5,7H2. The summed E-state index contributed by atoms with van der Waals surface area (Å²) in [6.07, 6.45) is 8.95. The Morgan fingerprint density at radius 1 is 1.75 bits per heavy atom. The third kappa shape index (κ3) is 1.22. The fourth-order valence-corrected chi connectivity index (χ4v) is 1.55. The van der Waals surface area contributed by atoms with Crippen LogP contribution < -0.4 is 0 Å². The second-order valence-electron chi connectivity index (χ2n) is 2.90. The van der Waals surface area contributed by atoms with Gasteiger partial charge in [-0.2, -0.15) is 0 Å². The number of aliphatic hydroxyl groups is 1. The van der Waals surface area contributed by atoms with Gasteiger partial charge in [-0.3, -0.25) is 0 Å². The first-order chi connectivity index (χ1) is 5.90. The minimum absolute atomic E-state index is 0.280. The van der Waals surface area contributed by atoms with Crippen molar-refractivity contribution in [1.29, 1.82) is 0 Å². The Bertz CT molecular complexity index is 304. The van der Waals surface area contributed by atoms with Crippen LogP contribution in [0.4, 0.5) is 0 Å². The van der Waals surface area contributed by atoms with Gasteiger partial charge in [0.1, 0.15) is 6.26 Å². The molecule has 0 saturated heterocycles. The van der Waals surface area contributed by atoms with Crippen molar-refractivity contribution < 1.29 is 9.84 Å². The Hall–Kier alpha value is -1.24. The molecular weight excluding hydrogens is 152 g/mol. The summed E-state index contributed by atoms with van der Waals surface area (Å²) in [4.78, 5) is 0. The first-order valence-corrected chi connectivity index (χ1v) is 3.96. The second-order valence-corrected chi connectivity index (χ2v) is 2.90. The summed E-state index contributed by atoms with van der Waals surface area (Å²) in [5, 5.41) is 8.34. The van der Waals surface area contributed by atoms with Crippen molar-refractivity contribution in [2.45, 2.75) is 6.42 Å². The number of fused-ring (bicyclic) bond motifs is 2. The molecule has 0 aromatic rings. The molecule has 0 aromatic heterocycles. The molecule has 0 spiro atoms. The van der Waals surface area contributed by atoms with Crippen molar-refractivity contribution in [2.24, 2.45) is 5.92 Å². The summed E-state index contributed by atoms with van der Waals surface area (Å²) in [7, 11) is 0. The van der Waals surface area contributed by atoms with Crippen LogP contribution in [0.25, 0.3) is 0 Å². The van der Waals surface area contributed by atoms with E-state index >= 15 is 0 Å². The molecule has 0 saturated carbocycles. The van der Waals surface area contributed by atoms with E-state index in [1.807, 2.05) is 0 Å². The lowest BCUT2D eigenvalue weighted by molar-refractivity contribution is 0.0605. The molecule has 0 radical (unpaired) electrons. The molecule has 2 aliphatic rings. The summed E-state index contributed by atoms with van der Waals surface area (Å²) in [5.41, 5.74) is 5.51. The molecule has 2 aliphatic carbocycles. The van der Waals surface area contributed by atoms with Crippen LogP contribution in [0.2, 0.25) is 0 Å². The van der Waals surface area contributed by atoms with E-state index in [2.05, 4.69) is 28.7 Å². The van der Waals surface area contributed by atoms with Crippen LogP contribution in [-0.4, -0.2) is 11.9 Å². The van der Waals surface area contributed by atoms with Gasteiger partial charge in [0.15, 0.2) is 6.79 Å². The monoisotopic (exact) mass is 162 g/mol. The second kappa shape index (κ2) is 3.02. The molecule has 2 nitrogen and oxygen atoms in total. The third-order valence-corrected chi connectivity index (χ3v) is 2.12. The largest absolute Gasteiger partial charge is 0.467 e. The van der Waals surface area contributed by atoms with Gasteiger partial charge in [-0.1, -0.05) is 17.9 Å². The van der Waals surface area contributed by atoms with Gasteiger partial charge in [-0.05, 0) is 18.1 Å². The molecule has 62 valence electrons. The Kier molecular flexibility index (Phi) is 1.86. The lowest BCUT2D eigenvalue weighted by Crippen LogP contribution is -1.88. The van der Waals surface area contributed by atoms with Gasteiger partial charge in [0.2, 0.25) is 0 Å². The minimum atomic E-state index is -0.280. The van der Waals surface area contributed by atoms with Crippen molar-refractivity contribution in [2.75, 3.05) is 6.79 Å². The Labute approximate surface area is 71.2 Å². The van der Waals surface area contributed by atoms with E-state index < -0.39 is 0 Å². The Morgan fingerprint density at radius 2 is 2.67 bits per heavy atom. The summed E-state index contributed by atoms with van der Waals surface area (Å²) in [6, 6.07) is 0. The Morgan fingerprint density at radius 3 is 3.25 bits per heavy atom. The van der Waals surface area contributed by atoms with Gasteiger partial charge in [0.25, 0.3) is 0 Å². The maximum Gasteiger partial charge on any atom is 0.186 e. The van der Waals surface area contributed by atoms with E-state index in [-0.39, 0.29) is 6.79 Å². The molecule has 2 bridgehead atoms. The molecule has 0 heterocycles. The van der Waals surface area contributed by atoms with Crippen LogP contribution >= 0.6 is 0 Å². The van der Waals surface area contributed by atoms with Crippen LogP contribution in [0.5, 0.6) is 0 Å². The predicted molar refractivity (Wildman–Crippen MR) is 45.1 cm³/mol. The zero-order chi connectivity index (χ0) is 8.39. The molecule has 0 amide bonds. The molecule has 2 heteroatoms. The van der Waals surface area contributed by atoms with Crippen molar-refractivity contribution in [3.63, 3.8) is 0 Å². The highest BCUT2D eigenvalue weighted by Gasteiger charge is 2.22. The van der Waals surface area contributed by atoms with E-state index in [0.29, 0.717) is 5.92 Å². The lowest BCUT2D eigenvalue weighted by atomic mass is 10.1. The number of hydrogen-bond donors (Lipinski definition) is 1. The number of hydrogen-bond acceptors (Lipinski definition) is 2. The molecule has 12 heavy (non-hydrogen) atoms. The summed E-state index contributed by atoms with van der Waals surface area (Å²) in [6.45, 7) is -0.280. The molecule has 0 aliphatic heterocycles. The van der Waals surface area contributed by atoms with Gasteiger partial charge in [0.05, 0.1) is 0 Å². The van der Waals surface area contributed by atoms with Crippen LogP contribution in [0.15, 0.2) is 41.4 Å². The van der Waals surface area contributed by atoms with Crippen molar-refractivity contribution >= 4 is 0 Å². The van der Waals surface area contributed by atoms with E-state index in [4.69, 9.17) is 5.11 Å². The van der Waals surface area contributed by atoms with Gasteiger partial charge in [-0.15, -0.1) is 0 Å². The number of allylic oxidation sites excluding steroid dienone is 5. The highest BCUT2D eigenvalue weighted by molar-refractivity contribution is 5.46. The van der Waals surface area contributed by atoms with Crippen molar-refractivity contribution in [1.82, 2.24) is 0 Å². The van der Waals surface area contributed by atoms with Crippen LogP contribution in [-0.2, 0) is 4.74 Å². The fourth-order valence-electron chi connectivity index (χ4n) is 1.55. The molecule has 1 unspecified atom stereocenters. The van der Waals surface area contributed by atoms with Crippen LogP contribution in [0.3, 0.4) is 0 Å². The highest BCUT2D eigenvalue weighted by atomic mass is 16.6. The van der Waals surface area contributed by atoms with Crippen molar-refractivity contribution in [3.05, 3.63) is 41.4 Å². The Balaban J connectivity index is 2.14. The van der Waals surface area contributed by atoms with Crippen molar-refractivity contribution in [3.8, 4) is 0 Å². The zero-order valence-electron chi connectivity index (χ0n) is 6.66. The summed E-state index contributed by atoms with van der Waals surface area (Å²) in [5.74, 6) is 0.499. The van der Waals surface area contributed by atoms with Gasteiger partial charge >= 0.3 is 0 Å². The van der Waals surface area contributed by atoms with E-state index in [9.17, 15) is 0 Å². The van der Waals surface area contributed by atoms with Crippen LogP contribution in [0.1, 0.15) is 6.42 Å². The smallest absolute Gasteiger partial charge is 0.186 e. The maximum atomic E-state index is 8.34. The normalized spacial score (nSPS) is 23.9. The van der Waals surface area contributed by atoms with Gasteiger partial charge in [-0.25, -0.2) is 0 Å². The van der Waals surface area contributed by atoms with Gasteiger partial charge in [0, 0.05) is 11.5 Å². The average Bonchev–Trinajstić information content (AvgIpc) is 2.65. The number of rotatable bonds is 2. The number of aliphatic hydroxyl groups excluding tert-OH is 1. The molecule has 1 N–H and O–H groups in total. The zero-order valence-corrected chi connectivity index (χ0v) is 6.66. The molecule has 0 fully saturated rings. The number of ether oxygens (including phenoxy) is 1. The predicted octanol–water partition coefficient (Wildman–Crippen LogP) is 1.51. The topological polar surface area (TPSA) is 29.5 Å². The van der Waals surface area contributed by atoms with E-state index in [0.717, 1.165) is 12.0 Å². The quantitative estimate of drug-likeness (QED) is 0.379. The highest BCUT2D eigenvalue weighted by Crippen LogP contribution is 2.36. The lowest BCUT2D eigenvalue weighted by Gasteiger charge is -1.99. The average molecular weight is 162 g/mol. The maximum absolute atomic E-state index is 8.34.